The van der Waals surface area contributed by atoms with Gasteiger partial charge in [0.05, 0.1) is 21.7 Å². The Bertz CT molecular complexity index is 1370. The molecule has 0 aliphatic rings. The highest BCUT2D eigenvalue weighted by atomic mass is 35.5. The number of benzene rings is 2. The third-order valence-electron chi connectivity index (χ3n) is 4.46. The van der Waals surface area contributed by atoms with Crippen molar-refractivity contribution in [1.82, 2.24) is 20.5 Å². The van der Waals surface area contributed by atoms with Gasteiger partial charge in [-0.2, -0.15) is 0 Å². The molecule has 0 saturated carbocycles. The summed E-state index contributed by atoms with van der Waals surface area (Å²) in [5, 5.41) is 2.75. The van der Waals surface area contributed by atoms with E-state index in [4.69, 9.17) is 17.4 Å². The van der Waals surface area contributed by atoms with Gasteiger partial charge in [0.2, 0.25) is 5.91 Å². The van der Waals surface area contributed by atoms with Crippen molar-refractivity contribution in [2.24, 2.45) is 0 Å². The van der Waals surface area contributed by atoms with E-state index in [9.17, 15) is 14.4 Å². The number of thiophene rings is 1. The van der Waals surface area contributed by atoms with E-state index in [1.54, 1.807) is 18.2 Å². The van der Waals surface area contributed by atoms with Gasteiger partial charge in [-0.25, -0.2) is 9.66 Å². The van der Waals surface area contributed by atoms with Crippen LogP contribution in [0.15, 0.2) is 69.9 Å². The van der Waals surface area contributed by atoms with E-state index in [1.165, 1.54) is 17.4 Å². The van der Waals surface area contributed by atoms with Crippen molar-refractivity contribution in [3.63, 3.8) is 0 Å². The topological polar surface area (TPSA) is 119 Å². The molecule has 162 valence electrons. The SMILES string of the molecule is Nn1c(SCC(=O)NNC(=O)c2ccccc2Cl)nc2scc(-c3ccccc3)c2c1=O. The van der Waals surface area contributed by atoms with Gasteiger partial charge in [-0.1, -0.05) is 65.8 Å². The number of amides is 2. The van der Waals surface area contributed by atoms with E-state index in [1.807, 2.05) is 35.7 Å². The number of aromatic nitrogens is 2. The Morgan fingerprint density at radius 2 is 1.81 bits per heavy atom. The predicted molar refractivity (Wildman–Crippen MR) is 127 cm³/mol. The molecule has 11 heteroatoms. The molecule has 4 N–H and O–H groups in total. The summed E-state index contributed by atoms with van der Waals surface area (Å²) in [5.41, 5.74) is 6.10. The van der Waals surface area contributed by atoms with Crippen molar-refractivity contribution in [2.75, 3.05) is 11.6 Å². The van der Waals surface area contributed by atoms with Crippen LogP contribution < -0.4 is 22.3 Å². The Kier molecular flexibility index (Phi) is 6.45. The lowest BCUT2D eigenvalue weighted by Gasteiger charge is -2.09. The zero-order valence-electron chi connectivity index (χ0n) is 16.4. The third-order valence-corrected chi connectivity index (χ3v) is 6.61. The Morgan fingerprint density at radius 3 is 2.56 bits per heavy atom. The highest BCUT2D eigenvalue weighted by molar-refractivity contribution is 7.99. The number of hydrogen-bond acceptors (Lipinski definition) is 7. The van der Waals surface area contributed by atoms with E-state index in [0.717, 1.165) is 27.6 Å². The molecule has 2 heterocycles. The van der Waals surface area contributed by atoms with Gasteiger partial charge in [0, 0.05) is 10.9 Å². The van der Waals surface area contributed by atoms with Crippen LogP contribution in [0, 0.1) is 0 Å². The van der Waals surface area contributed by atoms with Gasteiger partial charge >= 0.3 is 0 Å². The number of rotatable bonds is 5. The average Bonchev–Trinajstić information content (AvgIpc) is 3.24. The first-order valence-corrected chi connectivity index (χ1v) is 11.5. The molecule has 32 heavy (non-hydrogen) atoms. The lowest BCUT2D eigenvalue weighted by Crippen LogP contribution is -2.42. The first kappa shape index (κ1) is 21.9. The monoisotopic (exact) mass is 485 g/mol. The summed E-state index contributed by atoms with van der Waals surface area (Å²) in [7, 11) is 0. The molecule has 0 radical (unpaired) electrons. The van der Waals surface area contributed by atoms with Crippen molar-refractivity contribution < 1.29 is 9.59 Å². The van der Waals surface area contributed by atoms with E-state index in [2.05, 4.69) is 15.8 Å². The Labute approximate surface area is 195 Å². The molecule has 0 fully saturated rings. The van der Waals surface area contributed by atoms with Crippen molar-refractivity contribution in [3.8, 4) is 11.1 Å². The first-order chi connectivity index (χ1) is 15.5. The van der Waals surface area contributed by atoms with Crippen molar-refractivity contribution in [3.05, 3.63) is 80.9 Å². The van der Waals surface area contributed by atoms with Crippen molar-refractivity contribution >= 4 is 56.7 Å². The Hall–Kier alpha value is -3.34. The molecule has 0 aliphatic heterocycles. The number of nitrogen functional groups attached to an aromatic ring is 1. The number of halogens is 1. The minimum absolute atomic E-state index is 0.116. The van der Waals surface area contributed by atoms with Gasteiger partial charge in [-0.05, 0) is 17.7 Å². The molecular weight excluding hydrogens is 470 g/mol. The predicted octanol–water partition coefficient (Wildman–Crippen LogP) is 3.05. The zero-order valence-corrected chi connectivity index (χ0v) is 18.8. The molecule has 4 aromatic rings. The van der Waals surface area contributed by atoms with Gasteiger partial charge in [-0.15, -0.1) is 11.3 Å². The molecule has 2 aromatic heterocycles. The lowest BCUT2D eigenvalue weighted by atomic mass is 10.1. The number of nitrogens with two attached hydrogens (primary N) is 1. The average molecular weight is 486 g/mol. The van der Waals surface area contributed by atoms with Crippen LogP contribution in [0.25, 0.3) is 21.3 Å². The quantitative estimate of drug-likeness (QED) is 0.173. The molecule has 2 aromatic carbocycles. The number of hydrogen-bond donors (Lipinski definition) is 3. The molecule has 2 amide bonds. The molecule has 0 spiro atoms. The number of nitrogens with zero attached hydrogens (tertiary/aromatic N) is 2. The maximum absolute atomic E-state index is 12.9. The summed E-state index contributed by atoms with van der Waals surface area (Å²) in [4.78, 5) is 42.1. The summed E-state index contributed by atoms with van der Waals surface area (Å²) in [6.45, 7) is 0. The fourth-order valence-electron chi connectivity index (χ4n) is 2.92. The number of thioether (sulfide) groups is 1. The minimum Gasteiger partial charge on any atom is -0.334 e. The summed E-state index contributed by atoms with van der Waals surface area (Å²) in [6.07, 6.45) is 0. The zero-order chi connectivity index (χ0) is 22.7. The smallest absolute Gasteiger partial charge is 0.282 e. The van der Waals surface area contributed by atoms with Gasteiger partial charge in [-0.3, -0.25) is 25.2 Å². The van der Waals surface area contributed by atoms with Crippen LogP contribution in [0.1, 0.15) is 10.4 Å². The standard InChI is InChI=1S/C21H16ClN5O3S2/c22-15-9-5-4-8-13(15)18(29)26-25-16(28)11-32-21-24-19-17(20(30)27(21)23)14(10-31-19)12-6-2-1-3-7-12/h1-10H,11,23H2,(H,25,28)(H,26,29). The minimum atomic E-state index is -0.545. The number of carbonyl (C=O) groups excluding carboxylic acids is 2. The highest BCUT2D eigenvalue weighted by Gasteiger charge is 2.17. The number of fused-ring (bicyclic) bond motifs is 1. The first-order valence-electron chi connectivity index (χ1n) is 9.27. The fraction of sp³-hybridized carbons (Fsp3) is 0.0476. The Balaban J connectivity index is 1.45. The van der Waals surface area contributed by atoms with Gasteiger partial charge in [0.1, 0.15) is 4.83 Å². The maximum atomic E-state index is 12.9. The second-order valence-electron chi connectivity index (χ2n) is 6.54. The van der Waals surface area contributed by atoms with Crippen molar-refractivity contribution in [2.45, 2.75) is 5.16 Å². The van der Waals surface area contributed by atoms with Gasteiger partial charge in [0.15, 0.2) is 5.16 Å². The highest BCUT2D eigenvalue weighted by Crippen LogP contribution is 2.31. The molecular formula is C21H16ClN5O3S2. The lowest BCUT2D eigenvalue weighted by molar-refractivity contribution is -0.119. The molecule has 0 unspecified atom stereocenters. The summed E-state index contributed by atoms with van der Waals surface area (Å²) >= 11 is 8.28. The Morgan fingerprint density at radius 1 is 1.09 bits per heavy atom. The van der Waals surface area contributed by atoms with E-state index in [-0.39, 0.29) is 21.5 Å². The van der Waals surface area contributed by atoms with Gasteiger partial charge < -0.3 is 5.84 Å². The van der Waals surface area contributed by atoms with Crippen LogP contribution in [0.4, 0.5) is 0 Å². The number of hydrazine groups is 1. The van der Waals surface area contributed by atoms with Crippen LogP contribution in [0.5, 0.6) is 0 Å². The van der Waals surface area contributed by atoms with Crippen LogP contribution in [0.3, 0.4) is 0 Å². The molecule has 4 rings (SSSR count). The third kappa shape index (κ3) is 4.47. The second-order valence-corrected chi connectivity index (χ2v) is 8.74. The van der Waals surface area contributed by atoms with Crippen LogP contribution in [-0.2, 0) is 4.79 Å². The van der Waals surface area contributed by atoms with E-state index < -0.39 is 17.4 Å². The normalized spacial score (nSPS) is 10.8. The molecule has 0 saturated heterocycles. The molecule has 8 nitrogen and oxygen atoms in total. The molecule has 0 bridgehead atoms. The summed E-state index contributed by atoms with van der Waals surface area (Å²) in [6, 6.07) is 16.0. The van der Waals surface area contributed by atoms with Crippen LogP contribution >= 0.6 is 34.7 Å². The summed E-state index contributed by atoms with van der Waals surface area (Å²) < 4.78 is 0.932. The van der Waals surface area contributed by atoms with Crippen LogP contribution in [-0.4, -0.2) is 27.2 Å². The van der Waals surface area contributed by atoms with E-state index in [0.29, 0.717) is 10.2 Å². The second kappa shape index (κ2) is 9.43. The largest absolute Gasteiger partial charge is 0.334 e. The fourth-order valence-corrected chi connectivity index (χ4v) is 4.85. The van der Waals surface area contributed by atoms with E-state index >= 15 is 0 Å². The number of nitrogens with one attached hydrogen (secondary N) is 2. The number of carbonyl (C=O) groups is 2. The van der Waals surface area contributed by atoms with Crippen molar-refractivity contribution in [1.29, 1.82) is 0 Å². The van der Waals surface area contributed by atoms with Gasteiger partial charge in [0.25, 0.3) is 11.5 Å². The summed E-state index contributed by atoms with van der Waals surface area (Å²) in [5.74, 6) is 4.80. The molecule has 0 aliphatic carbocycles. The maximum Gasteiger partial charge on any atom is 0.282 e. The van der Waals surface area contributed by atoms with Crippen LogP contribution in [0.2, 0.25) is 5.02 Å². The molecule has 0 atom stereocenters.